The molecule has 0 bridgehead atoms. The number of unbranched alkanes of at least 4 members (excludes halogenated alkanes) is 3. The van der Waals surface area contributed by atoms with Crippen LogP contribution >= 0.6 is 11.6 Å². The van der Waals surface area contributed by atoms with E-state index in [4.69, 9.17) is 21.4 Å². The van der Waals surface area contributed by atoms with Gasteiger partial charge in [-0.2, -0.15) is 0 Å². The van der Waals surface area contributed by atoms with Gasteiger partial charge in [0.15, 0.2) is 0 Å². The fourth-order valence-corrected chi connectivity index (χ4v) is 4.74. The summed E-state index contributed by atoms with van der Waals surface area (Å²) in [5.74, 6) is 5.93. The molecule has 32 heavy (non-hydrogen) atoms. The Morgan fingerprint density at radius 1 is 1.22 bits per heavy atom. The Morgan fingerprint density at radius 2 is 1.97 bits per heavy atom. The number of aliphatic hydroxyl groups excluding tert-OH is 3. The Bertz CT molecular complexity index is 739. The van der Waals surface area contributed by atoms with Gasteiger partial charge in [0.25, 0.3) is 0 Å². The van der Waals surface area contributed by atoms with Gasteiger partial charge < -0.3 is 20.1 Å². The number of carbonyl (C=O) groups excluding carboxylic acids is 1. The lowest BCUT2D eigenvalue weighted by atomic mass is 9.85. The number of halogens is 1. The number of hydrogen-bond acceptors (Lipinski definition) is 5. The maximum atomic E-state index is 11.4. The van der Waals surface area contributed by atoms with Crippen molar-refractivity contribution in [1.29, 1.82) is 0 Å². The molecule has 0 radical (unpaired) electrons. The van der Waals surface area contributed by atoms with Crippen LogP contribution in [0.5, 0.6) is 0 Å². The van der Waals surface area contributed by atoms with Crippen LogP contribution in [0.25, 0.3) is 0 Å². The zero-order valence-electron chi connectivity index (χ0n) is 19.0. The molecule has 0 amide bonds. The lowest BCUT2D eigenvalue weighted by Gasteiger charge is -2.23. The minimum Gasteiger partial charge on any atom is -0.463 e. The van der Waals surface area contributed by atoms with Gasteiger partial charge >= 0.3 is 5.97 Å². The summed E-state index contributed by atoms with van der Waals surface area (Å²) in [5, 5.41) is 29.5. The third-order valence-electron chi connectivity index (χ3n) is 6.09. The first-order chi connectivity index (χ1) is 15.5. The molecule has 1 aliphatic carbocycles. The van der Waals surface area contributed by atoms with Crippen molar-refractivity contribution in [2.75, 3.05) is 13.2 Å². The molecule has 6 heteroatoms. The molecule has 1 aromatic carbocycles. The van der Waals surface area contributed by atoms with Crippen molar-refractivity contribution >= 4 is 17.6 Å². The maximum absolute atomic E-state index is 11.4. The monoisotopic (exact) mass is 464 g/mol. The molecule has 1 aliphatic rings. The Labute approximate surface area is 197 Å². The predicted molar refractivity (Wildman–Crippen MR) is 126 cm³/mol. The highest BCUT2D eigenvalue weighted by Gasteiger charge is 2.41. The Hall–Kier alpha value is -1.58. The van der Waals surface area contributed by atoms with Crippen LogP contribution in [0.2, 0.25) is 0 Å². The van der Waals surface area contributed by atoms with E-state index in [2.05, 4.69) is 18.8 Å². The van der Waals surface area contributed by atoms with E-state index in [9.17, 15) is 15.0 Å². The Morgan fingerprint density at radius 3 is 2.66 bits per heavy atom. The van der Waals surface area contributed by atoms with Crippen molar-refractivity contribution in [3.05, 3.63) is 35.4 Å². The fraction of sp³-hybridized carbons (Fsp3) is 0.654. The van der Waals surface area contributed by atoms with Gasteiger partial charge in [-0.05, 0) is 36.3 Å². The second-order valence-corrected chi connectivity index (χ2v) is 9.10. The van der Waals surface area contributed by atoms with E-state index in [0.29, 0.717) is 25.7 Å². The minimum absolute atomic E-state index is 0.0335. The predicted octanol–water partition coefficient (Wildman–Crippen LogP) is 4.47. The number of esters is 1. The van der Waals surface area contributed by atoms with Crippen molar-refractivity contribution < 1.29 is 24.9 Å². The number of aliphatic hydroxyl groups is 3. The molecule has 2 rings (SSSR count). The first-order valence-corrected chi connectivity index (χ1v) is 12.2. The van der Waals surface area contributed by atoms with Crippen LogP contribution in [0, 0.1) is 17.8 Å². The summed E-state index contributed by atoms with van der Waals surface area (Å²) in [7, 11) is 0. The van der Waals surface area contributed by atoms with Gasteiger partial charge in [-0.15, -0.1) is 23.4 Å². The van der Waals surface area contributed by atoms with Crippen LogP contribution in [-0.2, 0) is 9.53 Å². The van der Waals surface area contributed by atoms with Crippen LogP contribution < -0.4 is 0 Å². The van der Waals surface area contributed by atoms with Gasteiger partial charge in [-0.3, -0.25) is 4.79 Å². The van der Waals surface area contributed by atoms with Crippen molar-refractivity contribution in [3.8, 4) is 11.8 Å². The van der Waals surface area contributed by atoms with E-state index in [1.54, 1.807) is 0 Å². The van der Waals surface area contributed by atoms with Crippen LogP contribution in [0.3, 0.4) is 0 Å². The lowest BCUT2D eigenvalue weighted by molar-refractivity contribution is -0.144. The molecular formula is C26H37ClO5. The smallest absolute Gasteiger partial charge is 0.305 e. The van der Waals surface area contributed by atoms with E-state index in [-0.39, 0.29) is 42.8 Å². The fourth-order valence-electron chi connectivity index (χ4n) is 4.31. The summed E-state index contributed by atoms with van der Waals surface area (Å²) < 4.78 is 4.82. The normalized spacial score (nSPS) is 23.4. The summed E-state index contributed by atoms with van der Waals surface area (Å²) >= 11 is 6.55. The SMILES string of the molecule is CCCCC[C@@H](O)c1ccc([C@@H]2[C@@H](CC#CCCCC(=O)OCCO)[C@H](Cl)C[C@H]2O)cc1. The largest absolute Gasteiger partial charge is 0.463 e. The van der Waals surface area contributed by atoms with Crippen molar-refractivity contribution in [1.82, 2.24) is 0 Å². The number of carbonyl (C=O) groups is 1. The van der Waals surface area contributed by atoms with Gasteiger partial charge in [0.2, 0.25) is 0 Å². The first kappa shape index (κ1) is 26.7. The highest BCUT2D eigenvalue weighted by atomic mass is 35.5. The van der Waals surface area contributed by atoms with Crippen LogP contribution in [0.4, 0.5) is 0 Å². The summed E-state index contributed by atoms with van der Waals surface area (Å²) in [6.45, 7) is 2.02. The molecular weight excluding hydrogens is 428 g/mol. The van der Waals surface area contributed by atoms with Crippen LogP contribution in [0.1, 0.15) is 87.9 Å². The van der Waals surface area contributed by atoms with Crippen molar-refractivity contribution in [3.63, 3.8) is 0 Å². The molecule has 0 unspecified atom stereocenters. The molecule has 0 aliphatic heterocycles. The number of hydrogen-bond donors (Lipinski definition) is 3. The summed E-state index contributed by atoms with van der Waals surface area (Å²) in [5.41, 5.74) is 1.94. The Balaban J connectivity index is 1.90. The van der Waals surface area contributed by atoms with Gasteiger partial charge in [0, 0.05) is 30.6 Å². The van der Waals surface area contributed by atoms with Gasteiger partial charge in [0.05, 0.1) is 18.8 Å². The number of benzene rings is 1. The minimum atomic E-state index is -0.508. The van der Waals surface area contributed by atoms with E-state index < -0.39 is 12.2 Å². The standard InChI is InChI=1S/C26H37ClO5/c1-2-3-6-10-23(29)19-12-14-20(15-13-19)26-21(22(27)18-24(26)30)9-7-4-5-8-11-25(31)32-17-16-28/h12-15,21-24,26,28-30H,2-3,5-6,8-11,16-18H2,1H3/t21-,22+,23+,24+,26+/m0/s1. The third kappa shape index (κ3) is 8.41. The number of ether oxygens (including phenoxy) is 1. The van der Waals surface area contributed by atoms with Crippen molar-refractivity contribution in [2.45, 2.75) is 88.2 Å². The lowest BCUT2D eigenvalue weighted by Crippen LogP contribution is -2.18. The number of rotatable bonds is 12. The molecule has 1 aromatic rings. The quantitative estimate of drug-likeness (QED) is 0.184. The van der Waals surface area contributed by atoms with Crippen LogP contribution in [-0.4, -0.2) is 46.0 Å². The molecule has 3 N–H and O–H groups in total. The van der Waals surface area contributed by atoms with Crippen molar-refractivity contribution in [2.24, 2.45) is 5.92 Å². The van der Waals surface area contributed by atoms with E-state index in [0.717, 1.165) is 36.8 Å². The van der Waals surface area contributed by atoms with Gasteiger partial charge in [0.1, 0.15) is 6.61 Å². The average molecular weight is 465 g/mol. The molecule has 0 aromatic heterocycles. The highest BCUT2D eigenvalue weighted by Crippen LogP contribution is 2.44. The molecule has 0 saturated heterocycles. The molecule has 0 spiro atoms. The molecule has 5 nitrogen and oxygen atoms in total. The summed E-state index contributed by atoms with van der Waals surface area (Å²) in [6.07, 6.45) is 5.69. The molecule has 1 saturated carbocycles. The van der Waals surface area contributed by atoms with Crippen LogP contribution in [0.15, 0.2) is 24.3 Å². The highest BCUT2D eigenvalue weighted by molar-refractivity contribution is 6.21. The summed E-state index contributed by atoms with van der Waals surface area (Å²) in [4.78, 5) is 11.4. The molecule has 178 valence electrons. The molecule has 0 heterocycles. The van der Waals surface area contributed by atoms with E-state index >= 15 is 0 Å². The third-order valence-corrected chi connectivity index (χ3v) is 6.60. The Kier molecular flexibility index (Phi) is 12.1. The zero-order valence-corrected chi connectivity index (χ0v) is 19.8. The second kappa shape index (κ2) is 14.5. The molecule has 5 atom stereocenters. The second-order valence-electron chi connectivity index (χ2n) is 8.54. The summed E-state index contributed by atoms with van der Waals surface area (Å²) in [6, 6.07) is 7.91. The van der Waals surface area contributed by atoms with E-state index in [1.165, 1.54) is 0 Å². The van der Waals surface area contributed by atoms with Gasteiger partial charge in [-0.1, -0.05) is 50.5 Å². The first-order valence-electron chi connectivity index (χ1n) is 11.8. The van der Waals surface area contributed by atoms with E-state index in [1.807, 2.05) is 24.3 Å². The average Bonchev–Trinajstić information content (AvgIpc) is 3.07. The molecule has 1 fully saturated rings. The maximum Gasteiger partial charge on any atom is 0.305 e. The number of alkyl halides is 1. The topological polar surface area (TPSA) is 87.0 Å². The zero-order chi connectivity index (χ0) is 23.3. The van der Waals surface area contributed by atoms with Gasteiger partial charge in [-0.25, -0.2) is 0 Å².